The molecule has 0 aliphatic heterocycles. The summed E-state index contributed by atoms with van der Waals surface area (Å²) in [5, 5.41) is 0. The van der Waals surface area contributed by atoms with Crippen LogP contribution in [0.15, 0.2) is 41.1 Å². The first-order valence-electron chi connectivity index (χ1n) is 5.79. The van der Waals surface area contributed by atoms with Gasteiger partial charge in [-0.1, -0.05) is 0 Å². The largest absolute Gasteiger partial charge is 0.453 e. The Morgan fingerprint density at radius 3 is 2.75 bits per heavy atom. The molecule has 0 atom stereocenters. The number of aromatic nitrogens is 1. The number of nitrogens with one attached hydrogen (secondary N) is 2. The van der Waals surface area contributed by atoms with Crippen LogP contribution in [-0.4, -0.2) is 23.9 Å². The van der Waals surface area contributed by atoms with Crippen LogP contribution in [0.3, 0.4) is 0 Å². The zero-order valence-corrected chi connectivity index (χ0v) is 10.8. The van der Waals surface area contributed by atoms with Gasteiger partial charge in [0.2, 0.25) is 0 Å². The van der Waals surface area contributed by atoms with Gasteiger partial charge in [0, 0.05) is 19.5 Å². The van der Waals surface area contributed by atoms with Crippen molar-refractivity contribution in [2.75, 3.05) is 7.11 Å². The minimum Gasteiger partial charge on any atom is -0.453 e. The summed E-state index contributed by atoms with van der Waals surface area (Å²) in [6.45, 7) is 0.273. The van der Waals surface area contributed by atoms with Crippen LogP contribution in [0.4, 0.5) is 0 Å². The van der Waals surface area contributed by atoms with E-state index in [1.165, 1.54) is 19.4 Å². The third kappa shape index (κ3) is 3.42. The molecule has 0 aromatic carbocycles. The highest BCUT2D eigenvalue weighted by atomic mass is 16.5. The number of hydrazine groups is 1. The third-order valence-corrected chi connectivity index (χ3v) is 2.39. The number of nitrogens with zero attached hydrogens (tertiary/aromatic N) is 1. The molecule has 2 heterocycles. The van der Waals surface area contributed by atoms with Crippen molar-refractivity contribution in [3.05, 3.63) is 53.7 Å². The van der Waals surface area contributed by atoms with Crippen LogP contribution in [-0.2, 0) is 11.3 Å². The lowest BCUT2D eigenvalue weighted by atomic mass is 10.3. The van der Waals surface area contributed by atoms with Gasteiger partial charge in [-0.15, -0.1) is 0 Å². The lowest BCUT2D eigenvalue weighted by Gasteiger charge is -2.05. The van der Waals surface area contributed by atoms with Crippen molar-refractivity contribution in [1.82, 2.24) is 15.8 Å². The number of ether oxygens (including phenoxy) is 1. The van der Waals surface area contributed by atoms with E-state index in [-0.39, 0.29) is 12.4 Å². The van der Waals surface area contributed by atoms with Crippen molar-refractivity contribution in [3.63, 3.8) is 0 Å². The average molecular weight is 275 g/mol. The van der Waals surface area contributed by atoms with E-state index in [9.17, 15) is 9.59 Å². The number of carbonyl (C=O) groups is 2. The monoisotopic (exact) mass is 275 g/mol. The number of carbonyl (C=O) groups excluding carboxylic acids is 2. The summed E-state index contributed by atoms with van der Waals surface area (Å²) in [6.07, 6.45) is 2.95. The van der Waals surface area contributed by atoms with E-state index in [0.717, 1.165) is 0 Å². The zero-order valence-electron chi connectivity index (χ0n) is 10.8. The molecule has 0 radical (unpaired) electrons. The average Bonchev–Trinajstić information content (AvgIpc) is 2.94. The van der Waals surface area contributed by atoms with E-state index in [2.05, 4.69) is 15.8 Å². The number of hydrogen-bond acceptors (Lipinski definition) is 5. The molecule has 0 spiro atoms. The first-order chi connectivity index (χ1) is 9.70. The standard InChI is InChI=1S/C13H13N3O4/c1-19-8-10-4-5-11(20-10)13(18)16-15-12(17)9-3-2-6-14-7-9/h2-7H,8H2,1H3,(H,15,17)(H,16,18). The molecule has 2 amide bonds. The molecular weight excluding hydrogens is 262 g/mol. The molecule has 2 N–H and O–H groups in total. The van der Waals surface area contributed by atoms with E-state index in [4.69, 9.17) is 9.15 Å². The third-order valence-electron chi connectivity index (χ3n) is 2.39. The van der Waals surface area contributed by atoms with Crippen LogP contribution >= 0.6 is 0 Å². The Bertz CT molecular complexity index is 595. The number of amides is 2. The van der Waals surface area contributed by atoms with Crippen molar-refractivity contribution in [1.29, 1.82) is 0 Å². The normalized spacial score (nSPS) is 10.1. The van der Waals surface area contributed by atoms with Gasteiger partial charge in [0.1, 0.15) is 12.4 Å². The molecule has 104 valence electrons. The summed E-state index contributed by atoms with van der Waals surface area (Å²) < 4.78 is 10.1. The van der Waals surface area contributed by atoms with Gasteiger partial charge >= 0.3 is 5.91 Å². The van der Waals surface area contributed by atoms with Gasteiger partial charge in [0.15, 0.2) is 5.76 Å². The Labute approximate surface area is 114 Å². The molecule has 0 unspecified atom stereocenters. The van der Waals surface area contributed by atoms with Crippen LogP contribution in [0.2, 0.25) is 0 Å². The van der Waals surface area contributed by atoms with E-state index in [0.29, 0.717) is 11.3 Å². The quantitative estimate of drug-likeness (QED) is 0.808. The van der Waals surface area contributed by atoms with Gasteiger partial charge in [-0.05, 0) is 24.3 Å². The van der Waals surface area contributed by atoms with Crippen LogP contribution in [0.25, 0.3) is 0 Å². The van der Waals surface area contributed by atoms with Gasteiger partial charge in [-0.25, -0.2) is 0 Å². The highest BCUT2D eigenvalue weighted by molar-refractivity contribution is 5.97. The summed E-state index contributed by atoms with van der Waals surface area (Å²) in [7, 11) is 1.52. The molecular formula is C13H13N3O4. The molecule has 0 aliphatic rings. The SMILES string of the molecule is COCc1ccc(C(=O)NNC(=O)c2cccnc2)o1. The molecule has 2 rings (SSSR count). The van der Waals surface area contributed by atoms with Gasteiger partial charge in [0.25, 0.3) is 5.91 Å². The summed E-state index contributed by atoms with van der Waals surface area (Å²) in [5.74, 6) is -0.403. The lowest BCUT2D eigenvalue weighted by molar-refractivity contribution is 0.0826. The maximum Gasteiger partial charge on any atom is 0.305 e. The fourth-order valence-corrected chi connectivity index (χ4v) is 1.46. The number of methoxy groups -OCH3 is 1. The maximum absolute atomic E-state index is 11.7. The van der Waals surface area contributed by atoms with Gasteiger partial charge in [-0.2, -0.15) is 0 Å². The summed E-state index contributed by atoms with van der Waals surface area (Å²) in [4.78, 5) is 27.2. The number of rotatable bonds is 4. The molecule has 7 heteroatoms. The Morgan fingerprint density at radius 1 is 1.25 bits per heavy atom. The van der Waals surface area contributed by atoms with Crippen molar-refractivity contribution >= 4 is 11.8 Å². The van der Waals surface area contributed by atoms with E-state index in [1.54, 1.807) is 24.4 Å². The Kier molecular flexibility index (Phi) is 4.46. The van der Waals surface area contributed by atoms with Crippen LogP contribution in [0, 0.1) is 0 Å². The molecule has 0 saturated heterocycles. The second kappa shape index (κ2) is 6.48. The molecule has 0 aliphatic carbocycles. The first kappa shape index (κ1) is 13.8. The summed E-state index contributed by atoms with van der Waals surface area (Å²) in [6, 6.07) is 6.33. The Hall–Kier alpha value is -2.67. The van der Waals surface area contributed by atoms with E-state index < -0.39 is 11.8 Å². The molecule has 20 heavy (non-hydrogen) atoms. The van der Waals surface area contributed by atoms with Crippen LogP contribution in [0.5, 0.6) is 0 Å². The molecule has 2 aromatic heterocycles. The van der Waals surface area contributed by atoms with Crippen molar-refractivity contribution in [2.45, 2.75) is 6.61 Å². The predicted molar refractivity (Wildman–Crippen MR) is 68.6 cm³/mol. The van der Waals surface area contributed by atoms with Gasteiger partial charge in [-0.3, -0.25) is 25.4 Å². The molecule has 0 saturated carbocycles. The van der Waals surface area contributed by atoms with Gasteiger partial charge in [0.05, 0.1) is 5.56 Å². The molecule has 0 fully saturated rings. The second-order valence-electron chi connectivity index (χ2n) is 3.85. The molecule has 0 bridgehead atoms. The van der Waals surface area contributed by atoms with Crippen molar-refractivity contribution < 1.29 is 18.7 Å². The number of hydrogen-bond donors (Lipinski definition) is 2. The zero-order chi connectivity index (χ0) is 14.4. The fraction of sp³-hybridized carbons (Fsp3) is 0.154. The fourth-order valence-electron chi connectivity index (χ4n) is 1.46. The molecule has 2 aromatic rings. The lowest BCUT2D eigenvalue weighted by Crippen LogP contribution is -2.41. The Morgan fingerprint density at radius 2 is 2.05 bits per heavy atom. The minimum atomic E-state index is -0.551. The number of pyridine rings is 1. The summed E-state index contributed by atoms with van der Waals surface area (Å²) >= 11 is 0. The highest BCUT2D eigenvalue weighted by Gasteiger charge is 2.12. The minimum absolute atomic E-state index is 0.0866. The van der Waals surface area contributed by atoms with Crippen molar-refractivity contribution in [3.8, 4) is 0 Å². The maximum atomic E-state index is 11.7. The van der Waals surface area contributed by atoms with Crippen LogP contribution in [0.1, 0.15) is 26.7 Å². The Balaban J connectivity index is 1.90. The van der Waals surface area contributed by atoms with E-state index >= 15 is 0 Å². The topological polar surface area (TPSA) is 93.5 Å². The highest BCUT2D eigenvalue weighted by Crippen LogP contribution is 2.08. The van der Waals surface area contributed by atoms with Crippen molar-refractivity contribution in [2.24, 2.45) is 0 Å². The summed E-state index contributed by atoms with van der Waals surface area (Å²) in [5.41, 5.74) is 4.86. The predicted octanol–water partition coefficient (Wildman–Crippen LogP) is 0.896. The van der Waals surface area contributed by atoms with Crippen LogP contribution < -0.4 is 10.9 Å². The molecule has 7 nitrogen and oxygen atoms in total. The smallest absolute Gasteiger partial charge is 0.305 e. The number of furan rings is 1. The first-order valence-corrected chi connectivity index (χ1v) is 5.79. The van der Waals surface area contributed by atoms with E-state index in [1.807, 2.05) is 0 Å². The van der Waals surface area contributed by atoms with Gasteiger partial charge < -0.3 is 9.15 Å². The second-order valence-corrected chi connectivity index (χ2v) is 3.85.